The fourth-order valence-electron chi connectivity index (χ4n) is 3.93. The predicted octanol–water partition coefficient (Wildman–Crippen LogP) is 6.01. The maximum absolute atomic E-state index is 9.70. The minimum absolute atomic E-state index is 0.285. The first-order chi connectivity index (χ1) is 12.8. The zero-order valence-electron chi connectivity index (χ0n) is 15.1. The van der Waals surface area contributed by atoms with Crippen LogP contribution in [0, 0.1) is 0 Å². The molecule has 1 aliphatic carbocycles. The molecular formula is C22H24N2OS. The number of aromatic hydroxyl groups is 1. The van der Waals surface area contributed by atoms with Crippen LogP contribution in [0.25, 0.3) is 16.9 Å². The van der Waals surface area contributed by atoms with Gasteiger partial charge < -0.3 is 5.11 Å². The SMILES string of the molecule is CSc1nc(C2CCCCC2)c(-c2ccccc2)n1-c1ccc(O)cc1. The minimum Gasteiger partial charge on any atom is -0.508 e. The molecule has 1 saturated carbocycles. The zero-order valence-corrected chi connectivity index (χ0v) is 15.9. The summed E-state index contributed by atoms with van der Waals surface area (Å²) in [5.41, 5.74) is 4.68. The molecule has 0 amide bonds. The van der Waals surface area contributed by atoms with E-state index in [9.17, 15) is 5.11 Å². The van der Waals surface area contributed by atoms with Crippen LogP contribution in [0.4, 0.5) is 0 Å². The molecule has 0 bridgehead atoms. The lowest BCUT2D eigenvalue weighted by atomic mass is 9.85. The van der Waals surface area contributed by atoms with Gasteiger partial charge in [-0.1, -0.05) is 61.4 Å². The van der Waals surface area contributed by atoms with Gasteiger partial charge in [0.05, 0.1) is 11.4 Å². The highest BCUT2D eigenvalue weighted by Gasteiger charge is 2.26. The molecule has 26 heavy (non-hydrogen) atoms. The van der Waals surface area contributed by atoms with E-state index in [-0.39, 0.29) is 5.75 Å². The third-order valence-corrected chi connectivity index (χ3v) is 5.84. The second kappa shape index (κ2) is 7.58. The van der Waals surface area contributed by atoms with Crippen LogP contribution in [0.2, 0.25) is 0 Å². The van der Waals surface area contributed by atoms with E-state index in [4.69, 9.17) is 4.98 Å². The number of phenols is 1. The Balaban J connectivity index is 1.93. The van der Waals surface area contributed by atoms with E-state index in [0.29, 0.717) is 5.92 Å². The predicted molar refractivity (Wildman–Crippen MR) is 108 cm³/mol. The fourth-order valence-corrected chi connectivity index (χ4v) is 4.50. The highest BCUT2D eigenvalue weighted by Crippen LogP contribution is 2.41. The lowest BCUT2D eigenvalue weighted by molar-refractivity contribution is 0.437. The average Bonchev–Trinajstić information content (AvgIpc) is 3.09. The molecule has 0 saturated heterocycles. The fraction of sp³-hybridized carbons (Fsp3) is 0.318. The topological polar surface area (TPSA) is 38.0 Å². The van der Waals surface area contributed by atoms with Gasteiger partial charge in [-0.15, -0.1) is 0 Å². The highest BCUT2D eigenvalue weighted by atomic mass is 32.2. The molecular weight excluding hydrogens is 340 g/mol. The molecule has 2 aromatic carbocycles. The van der Waals surface area contributed by atoms with Crippen molar-refractivity contribution in [2.75, 3.05) is 6.26 Å². The molecule has 3 nitrogen and oxygen atoms in total. The molecule has 4 heteroatoms. The Hall–Kier alpha value is -2.20. The third kappa shape index (κ3) is 3.26. The lowest BCUT2D eigenvalue weighted by Crippen LogP contribution is -2.07. The summed E-state index contributed by atoms with van der Waals surface area (Å²) in [7, 11) is 0. The van der Waals surface area contributed by atoms with Crippen molar-refractivity contribution < 1.29 is 5.11 Å². The van der Waals surface area contributed by atoms with Crippen molar-refractivity contribution in [3.63, 3.8) is 0 Å². The van der Waals surface area contributed by atoms with Gasteiger partial charge in [0.25, 0.3) is 0 Å². The third-order valence-electron chi connectivity index (χ3n) is 5.20. The molecule has 0 aliphatic heterocycles. The normalized spacial score (nSPS) is 15.3. The standard InChI is InChI=1S/C22H24N2OS/c1-26-22-23-20(16-8-4-2-5-9-16)21(17-10-6-3-7-11-17)24(22)18-12-14-19(25)15-13-18/h3,6-7,10-16,25H,2,4-5,8-9H2,1H3. The smallest absolute Gasteiger partial charge is 0.173 e. The van der Waals surface area contributed by atoms with Crippen LogP contribution in [0.5, 0.6) is 5.75 Å². The van der Waals surface area contributed by atoms with Crippen molar-refractivity contribution in [1.82, 2.24) is 9.55 Å². The zero-order chi connectivity index (χ0) is 17.9. The number of benzene rings is 2. The van der Waals surface area contributed by atoms with Gasteiger partial charge in [0.2, 0.25) is 0 Å². The van der Waals surface area contributed by atoms with Gasteiger partial charge in [-0.3, -0.25) is 4.57 Å². The van der Waals surface area contributed by atoms with E-state index in [1.165, 1.54) is 49.1 Å². The summed E-state index contributed by atoms with van der Waals surface area (Å²) in [4.78, 5) is 5.09. The summed E-state index contributed by atoms with van der Waals surface area (Å²) in [6.07, 6.45) is 8.45. The molecule has 134 valence electrons. The molecule has 1 aliphatic rings. The van der Waals surface area contributed by atoms with E-state index in [2.05, 4.69) is 41.2 Å². The van der Waals surface area contributed by atoms with Crippen molar-refractivity contribution in [3.05, 3.63) is 60.3 Å². The summed E-state index contributed by atoms with van der Waals surface area (Å²) in [5.74, 6) is 0.816. The van der Waals surface area contributed by atoms with Gasteiger partial charge in [0.15, 0.2) is 5.16 Å². The molecule has 1 aromatic heterocycles. The van der Waals surface area contributed by atoms with Crippen LogP contribution in [0.1, 0.15) is 43.7 Å². The monoisotopic (exact) mass is 364 g/mol. The summed E-state index contributed by atoms with van der Waals surface area (Å²) in [5, 5.41) is 10.7. The molecule has 0 radical (unpaired) electrons. The van der Waals surface area contributed by atoms with Crippen molar-refractivity contribution >= 4 is 11.8 Å². The maximum atomic E-state index is 9.70. The molecule has 0 unspecified atom stereocenters. The van der Waals surface area contributed by atoms with Crippen molar-refractivity contribution in [1.29, 1.82) is 0 Å². The molecule has 0 atom stereocenters. The van der Waals surface area contributed by atoms with Crippen molar-refractivity contribution in [2.45, 2.75) is 43.2 Å². The number of nitrogens with zero attached hydrogens (tertiary/aromatic N) is 2. The molecule has 1 N–H and O–H groups in total. The number of hydrogen-bond acceptors (Lipinski definition) is 3. The van der Waals surface area contributed by atoms with E-state index in [0.717, 1.165) is 10.8 Å². The van der Waals surface area contributed by atoms with E-state index in [1.54, 1.807) is 23.9 Å². The van der Waals surface area contributed by atoms with Gasteiger partial charge in [0, 0.05) is 17.2 Å². The molecule has 4 rings (SSSR count). The first-order valence-corrected chi connectivity index (χ1v) is 10.5. The Labute approximate surface area is 159 Å². The van der Waals surface area contributed by atoms with Crippen LogP contribution in [0.15, 0.2) is 59.8 Å². The summed E-state index contributed by atoms with van der Waals surface area (Å²) >= 11 is 1.68. The highest BCUT2D eigenvalue weighted by molar-refractivity contribution is 7.98. The molecule has 1 fully saturated rings. The second-order valence-corrected chi connectivity index (χ2v) is 7.66. The number of hydrogen-bond donors (Lipinski definition) is 1. The first-order valence-electron chi connectivity index (χ1n) is 9.29. The average molecular weight is 365 g/mol. The van der Waals surface area contributed by atoms with Crippen LogP contribution in [0.3, 0.4) is 0 Å². The van der Waals surface area contributed by atoms with E-state index < -0.39 is 0 Å². The molecule has 1 heterocycles. The number of phenolic OH excluding ortho intramolecular Hbond substituents is 1. The van der Waals surface area contributed by atoms with Gasteiger partial charge in [0.1, 0.15) is 5.75 Å². The van der Waals surface area contributed by atoms with Gasteiger partial charge in [-0.25, -0.2) is 4.98 Å². The van der Waals surface area contributed by atoms with Crippen LogP contribution < -0.4 is 0 Å². The van der Waals surface area contributed by atoms with Crippen molar-refractivity contribution in [2.24, 2.45) is 0 Å². The number of thioether (sulfide) groups is 1. The molecule has 0 spiro atoms. The van der Waals surface area contributed by atoms with Crippen molar-refractivity contribution in [3.8, 4) is 22.7 Å². The Morgan fingerprint density at radius 1 is 0.962 bits per heavy atom. The summed E-state index contributed by atoms with van der Waals surface area (Å²) in [6.45, 7) is 0. The maximum Gasteiger partial charge on any atom is 0.173 e. The Kier molecular flexibility index (Phi) is 5.02. The second-order valence-electron chi connectivity index (χ2n) is 6.89. The lowest BCUT2D eigenvalue weighted by Gasteiger charge is -2.22. The van der Waals surface area contributed by atoms with Gasteiger partial charge >= 0.3 is 0 Å². The molecule has 3 aromatic rings. The van der Waals surface area contributed by atoms with Crippen LogP contribution in [-0.4, -0.2) is 20.9 Å². The van der Waals surface area contributed by atoms with E-state index in [1.807, 2.05) is 12.1 Å². The Bertz CT molecular complexity index is 865. The number of imidazole rings is 1. The van der Waals surface area contributed by atoms with Crippen LogP contribution >= 0.6 is 11.8 Å². The Morgan fingerprint density at radius 3 is 2.31 bits per heavy atom. The quantitative estimate of drug-likeness (QED) is 0.576. The van der Waals surface area contributed by atoms with Gasteiger partial charge in [-0.05, 0) is 43.4 Å². The van der Waals surface area contributed by atoms with E-state index >= 15 is 0 Å². The number of aromatic nitrogens is 2. The number of rotatable bonds is 4. The summed E-state index contributed by atoms with van der Waals surface area (Å²) < 4.78 is 2.25. The largest absolute Gasteiger partial charge is 0.508 e. The van der Waals surface area contributed by atoms with Gasteiger partial charge in [-0.2, -0.15) is 0 Å². The summed E-state index contributed by atoms with van der Waals surface area (Å²) in [6, 6.07) is 18.0. The minimum atomic E-state index is 0.285. The first kappa shape index (κ1) is 17.2. The van der Waals surface area contributed by atoms with Crippen LogP contribution in [-0.2, 0) is 0 Å². The Morgan fingerprint density at radius 2 is 1.65 bits per heavy atom.